The third kappa shape index (κ3) is 3.82. The van der Waals surface area contributed by atoms with E-state index in [2.05, 4.69) is 4.74 Å². The molecule has 0 aliphatic rings. The summed E-state index contributed by atoms with van der Waals surface area (Å²) < 4.78 is 40.5. The van der Waals surface area contributed by atoms with E-state index in [-0.39, 0.29) is 16.1 Å². The van der Waals surface area contributed by atoms with E-state index in [0.29, 0.717) is 5.56 Å². The van der Waals surface area contributed by atoms with Crippen molar-refractivity contribution in [2.75, 3.05) is 0 Å². The molecule has 0 aliphatic carbocycles. The largest absolute Gasteiger partial charge is 0.573 e. The smallest absolute Gasteiger partial charge is 0.508 e. The van der Waals surface area contributed by atoms with Crippen molar-refractivity contribution in [2.24, 2.45) is 5.73 Å². The molecule has 2 rings (SSSR count). The van der Waals surface area contributed by atoms with Crippen molar-refractivity contribution in [3.63, 3.8) is 0 Å². The maximum Gasteiger partial charge on any atom is 0.573 e. The van der Waals surface area contributed by atoms with Crippen LogP contribution in [0.1, 0.15) is 10.4 Å². The SMILES string of the molecule is NC(=O)c1cc(-c2cc(O)cc(OC(F)(F)F)c2)ccc1Cl. The molecule has 0 fully saturated rings. The van der Waals surface area contributed by atoms with Gasteiger partial charge in [0, 0.05) is 6.07 Å². The first-order valence-corrected chi connectivity index (χ1v) is 6.23. The number of hydrogen-bond donors (Lipinski definition) is 2. The number of hydrogen-bond acceptors (Lipinski definition) is 3. The van der Waals surface area contributed by atoms with Gasteiger partial charge in [-0.2, -0.15) is 0 Å². The van der Waals surface area contributed by atoms with Gasteiger partial charge in [0.15, 0.2) is 0 Å². The van der Waals surface area contributed by atoms with E-state index in [0.717, 1.165) is 12.1 Å². The maximum atomic E-state index is 12.2. The Labute approximate surface area is 127 Å². The van der Waals surface area contributed by atoms with Crippen LogP contribution in [0.5, 0.6) is 11.5 Å². The minimum absolute atomic E-state index is 0.0146. The van der Waals surface area contributed by atoms with Crippen molar-refractivity contribution in [3.8, 4) is 22.6 Å². The van der Waals surface area contributed by atoms with Gasteiger partial charge >= 0.3 is 6.36 Å². The Morgan fingerprint density at radius 1 is 1.14 bits per heavy atom. The molecule has 2 aromatic carbocycles. The quantitative estimate of drug-likeness (QED) is 0.900. The third-order valence-corrected chi connectivity index (χ3v) is 3.02. The summed E-state index contributed by atoms with van der Waals surface area (Å²) in [5.74, 6) is -1.79. The number of benzene rings is 2. The minimum Gasteiger partial charge on any atom is -0.508 e. The van der Waals surface area contributed by atoms with Crippen LogP contribution in [-0.4, -0.2) is 17.4 Å². The molecule has 3 N–H and O–H groups in total. The Morgan fingerprint density at radius 2 is 1.82 bits per heavy atom. The highest BCUT2D eigenvalue weighted by Gasteiger charge is 2.31. The lowest BCUT2D eigenvalue weighted by Crippen LogP contribution is -2.17. The second-order valence-electron chi connectivity index (χ2n) is 4.32. The fraction of sp³-hybridized carbons (Fsp3) is 0.0714. The number of primary amides is 1. The summed E-state index contributed by atoms with van der Waals surface area (Å²) >= 11 is 5.80. The van der Waals surface area contributed by atoms with Crippen molar-refractivity contribution in [2.45, 2.75) is 6.36 Å². The van der Waals surface area contributed by atoms with Crippen molar-refractivity contribution in [3.05, 3.63) is 47.0 Å². The van der Waals surface area contributed by atoms with Crippen LogP contribution in [0.15, 0.2) is 36.4 Å². The number of alkyl halides is 3. The van der Waals surface area contributed by atoms with Crippen LogP contribution in [0, 0.1) is 0 Å². The summed E-state index contributed by atoms with van der Waals surface area (Å²) in [7, 11) is 0. The molecule has 0 bridgehead atoms. The molecule has 1 amide bonds. The van der Waals surface area contributed by atoms with Gasteiger partial charge in [0.05, 0.1) is 10.6 Å². The third-order valence-electron chi connectivity index (χ3n) is 2.69. The normalized spacial score (nSPS) is 11.3. The average Bonchev–Trinajstić information content (AvgIpc) is 2.35. The molecule has 0 aliphatic heterocycles. The van der Waals surface area contributed by atoms with Crippen molar-refractivity contribution < 1.29 is 27.8 Å². The molecular formula is C14H9ClF3NO3. The molecule has 22 heavy (non-hydrogen) atoms. The molecule has 0 spiro atoms. The molecule has 0 heterocycles. The van der Waals surface area contributed by atoms with Gasteiger partial charge in [0.2, 0.25) is 5.91 Å². The number of carbonyl (C=O) groups is 1. The van der Waals surface area contributed by atoms with E-state index in [9.17, 15) is 23.1 Å². The Hall–Kier alpha value is -2.41. The zero-order valence-electron chi connectivity index (χ0n) is 10.8. The minimum atomic E-state index is -4.89. The van der Waals surface area contributed by atoms with Crippen LogP contribution in [0.2, 0.25) is 5.02 Å². The van der Waals surface area contributed by atoms with Gasteiger partial charge in [-0.05, 0) is 35.4 Å². The van der Waals surface area contributed by atoms with Gasteiger partial charge in [0.25, 0.3) is 0 Å². The van der Waals surface area contributed by atoms with E-state index in [1.807, 2.05) is 0 Å². The Kier molecular flexibility index (Phi) is 4.18. The Balaban J connectivity index is 2.49. The van der Waals surface area contributed by atoms with Gasteiger partial charge < -0.3 is 15.6 Å². The first kappa shape index (κ1) is 16.0. The lowest BCUT2D eigenvalue weighted by molar-refractivity contribution is -0.274. The molecule has 8 heteroatoms. The number of aromatic hydroxyl groups is 1. The second-order valence-corrected chi connectivity index (χ2v) is 4.73. The first-order valence-electron chi connectivity index (χ1n) is 5.85. The topological polar surface area (TPSA) is 72.6 Å². The number of ether oxygens (including phenoxy) is 1. The molecule has 0 saturated heterocycles. The summed E-state index contributed by atoms with van der Waals surface area (Å²) in [5.41, 5.74) is 5.73. The number of phenols is 1. The molecule has 0 unspecified atom stereocenters. The summed E-state index contributed by atoms with van der Waals surface area (Å²) in [5, 5.41) is 9.63. The van der Waals surface area contributed by atoms with Crippen molar-refractivity contribution in [1.82, 2.24) is 0 Å². The number of amides is 1. The summed E-state index contributed by atoms with van der Waals surface area (Å²) in [6.07, 6.45) is -4.89. The summed E-state index contributed by atoms with van der Waals surface area (Å²) in [6, 6.07) is 7.28. The molecule has 0 saturated carbocycles. The van der Waals surface area contributed by atoms with Gasteiger partial charge in [0.1, 0.15) is 11.5 Å². The molecule has 116 valence electrons. The van der Waals surface area contributed by atoms with Crippen LogP contribution in [0.4, 0.5) is 13.2 Å². The predicted octanol–water partition coefficient (Wildman–Crippen LogP) is 3.71. The average molecular weight is 332 g/mol. The number of carbonyl (C=O) groups excluding carboxylic acids is 1. The van der Waals surface area contributed by atoms with E-state index in [1.165, 1.54) is 24.3 Å². The number of phenolic OH excluding ortho intramolecular Hbond substituents is 1. The van der Waals surface area contributed by atoms with Crippen LogP contribution < -0.4 is 10.5 Å². The highest BCUT2D eigenvalue weighted by atomic mass is 35.5. The monoisotopic (exact) mass is 331 g/mol. The molecule has 0 radical (unpaired) electrons. The highest BCUT2D eigenvalue weighted by Crippen LogP contribution is 2.33. The standard InChI is InChI=1S/C14H9ClF3NO3/c15-12-2-1-7(5-11(12)13(19)21)8-3-9(20)6-10(4-8)22-14(16,17)18/h1-6,20H,(H2,19,21). The van der Waals surface area contributed by atoms with E-state index >= 15 is 0 Å². The Bertz CT molecular complexity index is 732. The zero-order valence-corrected chi connectivity index (χ0v) is 11.6. The molecule has 4 nitrogen and oxygen atoms in total. The lowest BCUT2D eigenvalue weighted by Gasteiger charge is -2.11. The van der Waals surface area contributed by atoms with E-state index < -0.39 is 23.8 Å². The van der Waals surface area contributed by atoms with Crippen molar-refractivity contribution in [1.29, 1.82) is 0 Å². The number of rotatable bonds is 3. The molecule has 0 atom stereocenters. The van der Waals surface area contributed by atoms with Crippen LogP contribution in [-0.2, 0) is 0 Å². The van der Waals surface area contributed by atoms with Crippen molar-refractivity contribution >= 4 is 17.5 Å². The Morgan fingerprint density at radius 3 is 2.41 bits per heavy atom. The van der Waals surface area contributed by atoms with Crippen LogP contribution in [0.25, 0.3) is 11.1 Å². The second kappa shape index (κ2) is 5.76. The van der Waals surface area contributed by atoms with Crippen LogP contribution >= 0.6 is 11.6 Å². The fourth-order valence-corrected chi connectivity index (χ4v) is 2.05. The highest BCUT2D eigenvalue weighted by molar-refractivity contribution is 6.33. The summed E-state index contributed by atoms with van der Waals surface area (Å²) in [6.45, 7) is 0. The molecule has 0 aromatic heterocycles. The molecular weight excluding hydrogens is 323 g/mol. The molecule has 2 aromatic rings. The van der Waals surface area contributed by atoms with Gasteiger partial charge in [-0.15, -0.1) is 13.2 Å². The predicted molar refractivity (Wildman–Crippen MR) is 73.8 cm³/mol. The van der Waals surface area contributed by atoms with E-state index in [1.54, 1.807) is 0 Å². The van der Waals surface area contributed by atoms with Gasteiger partial charge in [-0.3, -0.25) is 4.79 Å². The lowest BCUT2D eigenvalue weighted by atomic mass is 10.0. The maximum absolute atomic E-state index is 12.2. The summed E-state index contributed by atoms with van der Waals surface area (Å²) in [4.78, 5) is 11.2. The zero-order chi connectivity index (χ0) is 16.5. The van der Waals surface area contributed by atoms with Crippen LogP contribution in [0.3, 0.4) is 0 Å². The van der Waals surface area contributed by atoms with E-state index in [4.69, 9.17) is 17.3 Å². The van der Waals surface area contributed by atoms with Gasteiger partial charge in [-0.25, -0.2) is 0 Å². The first-order chi connectivity index (χ1) is 10.2. The van der Waals surface area contributed by atoms with Gasteiger partial charge in [-0.1, -0.05) is 17.7 Å². The number of halogens is 4. The fourth-order valence-electron chi connectivity index (χ4n) is 1.84. The number of nitrogens with two attached hydrogens (primary N) is 1.